The van der Waals surface area contributed by atoms with E-state index in [1.165, 1.54) is 11.1 Å². The number of hydrogen-bond donors (Lipinski definition) is 0. The highest BCUT2D eigenvalue weighted by Gasteiger charge is 2.23. The van der Waals surface area contributed by atoms with E-state index < -0.39 is 0 Å². The van der Waals surface area contributed by atoms with E-state index in [4.69, 9.17) is 4.74 Å². The van der Waals surface area contributed by atoms with Gasteiger partial charge in [-0.2, -0.15) is 0 Å². The molecule has 11 heavy (non-hydrogen) atoms. The number of hydrogen-bond acceptors (Lipinski definition) is 1. The van der Waals surface area contributed by atoms with Crippen LogP contribution in [0.25, 0.3) is 0 Å². The molecule has 0 aliphatic carbocycles. The third kappa shape index (κ3) is 1.43. The van der Waals surface area contributed by atoms with Crippen molar-refractivity contribution < 1.29 is 4.74 Å². The van der Waals surface area contributed by atoms with Gasteiger partial charge >= 0.3 is 0 Å². The van der Waals surface area contributed by atoms with Gasteiger partial charge < -0.3 is 4.74 Å². The Balaban J connectivity index is 2.19. The highest BCUT2D eigenvalue weighted by molar-refractivity contribution is 5.26. The summed E-state index contributed by atoms with van der Waals surface area (Å²) >= 11 is 0. The van der Waals surface area contributed by atoms with Crippen LogP contribution in [0.15, 0.2) is 24.3 Å². The molecule has 1 aromatic carbocycles. The van der Waals surface area contributed by atoms with E-state index in [0.29, 0.717) is 6.10 Å². The molecule has 0 spiro atoms. The summed E-state index contributed by atoms with van der Waals surface area (Å²) in [5.41, 5.74) is 2.58. The number of ether oxygens (including phenoxy) is 1. The topological polar surface area (TPSA) is 12.5 Å². The van der Waals surface area contributed by atoms with Crippen LogP contribution in [0.4, 0.5) is 0 Å². The minimum atomic E-state index is 0.383. The second kappa shape index (κ2) is 2.67. The smallest absolute Gasteiger partial charge is 0.106 e. The van der Waals surface area contributed by atoms with Crippen molar-refractivity contribution in [1.82, 2.24) is 0 Å². The fraction of sp³-hybridized carbons (Fsp3) is 0.300. The van der Waals surface area contributed by atoms with Crippen molar-refractivity contribution in [2.75, 3.05) is 6.61 Å². The maximum Gasteiger partial charge on any atom is 0.106 e. The first-order valence-corrected chi connectivity index (χ1v) is 3.90. The first-order chi connectivity index (χ1) is 5.40. The van der Waals surface area contributed by atoms with Crippen LogP contribution in [0, 0.1) is 6.92 Å². The van der Waals surface area contributed by atoms with Crippen molar-refractivity contribution in [3.05, 3.63) is 42.3 Å². The number of rotatable bonds is 2. The molecule has 0 saturated carbocycles. The Morgan fingerprint density at radius 3 is 2.45 bits per heavy atom. The summed E-state index contributed by atoms with van der Waals surface area (Å²) in [6.45, 7) is 4.71. The van der Waals surface area contributed by atoms with Gasteiger partial charge in [0.05, 0.1) is 6.61 Å². The standard InChI is InChI=1S/C10H11O/c1-2-8-3-5-9(6-4-8)10-7-11-10/h3-6,10H,1-2,7H2. The Morgan fingerprint density at radius 2 is 2.00 bits per heavy atom. The van der Waals surface area contributed by atoms with Crippen molar-refractivity contribution in [2.24, 2.45) is 0 Å². The van der Waals surface area contributed by atoms with E-state index in [1.807, 2.05) is 0 Å². The highest BCUT2D eigenvalue weighted by atomic mass is 16.6. The predicted molar refractivity (Wildman–Crippen MR) is 44.2 cm³/mol. The molecule has 2 rings (SSSR count). The SMILES string of the molecule is [CH2]Cc1ccc(C2CO2)cc1. The molecular weight excluding hydrogens is 136 g/mol. The lowest BCUT2D eigenvalue weighted by molar-refractivity contribution is 0.415. The first-order valence-electron chi connectivity index (χ1n) is 3.90. The van der Waals surface area contributed by atoms with Crippen LogP contribution in [0.3, 0.4) is 0 Å². The Hall–Kier alpha value is -0.820. The van der Waals surface area contributed by atoms with Crippen LogP contribution in [0.1, 0.15) is 17.2 Å². The molecule has 1 radical (unpaired) electrons. The van der Waals surface area contributed by atoms with E-state index in [9.17, 15) is 0 Å². The van der Waals surface area contributed by atoms with Crippen LogP contribution in [-0.4, -0.2) is 6.61 Å². The summed E-state index contributed by atoms with van der Waals surface area (Å²) in [6, 6.07) is 8.48. The second-order valence-corrected chi connectivity index (χ2v) is 2.81. The van der Waals surface area contributed by atoms with Gasteiger partial charge in [0.15, 0.2) is 0 Å². The van der Waals surface area contributed by atoms with Gasteiger partial charge in [0, 0.05) is 0 Å². The van der Waals surface area contributed by atoms with Crippen molar-refractivity contribution in [3.63, 3.8) is 0 Å². The first kappa shape index (κ1) is 6.86. The summed E-state index contributed by atoms with van der Waals surface area (Å²) in [5.74, 6) is 0. The van der Waals surface area contributed by atoms with Crippen molar-refractivity contribution in [2.45, 2.75) is 12.5 Å². The van der Waals surface area contributed by atoms with Crippen molar-refractivity contribution >= 4 is 0 Å². The molecule has 1 saturated heterocycles. The van der Waals surface area contributed by atoms with Gasteiger partial charge in [-0.3, -0.25) is 0 Å². The lowest BCUT2D eigenvalue weighted by Gasteiger charge is -1.97. The summed E-state index contributed by atoms with van der Waals surface area (Å²) in [6.07, 6.45) is 1.25. The third-order valence-corrected chi connectivity index (χ3v) is 1.97. The van der Waals surface area contributed by atoms with Gasteiger partial charge in [-0.25, -0.2) is 0 Å². The van der Waals surface area contributed by atoms with E-state index in [-0.39, 0.29) is 0 Å². The molecule has 1 aromatic rings. The van der Waals surface area contributed by atoms with Crippen LogP contribution in [0.5, 0.6) is 0 Å². The lowest BCUT2D eigenvalue weighted by atomic mass is 10.1. The molecule has 0 bridgehead atoms. The zero-order valence-electron chi connectivity index (χ0n) is 6.42. The van der Waals surface area contributed by atoms with E-state index in [2.05, 4.69) is 31.2 Å². The molecule has 0 N–H and O–H groups in total. The predicted octanol–water partition coefficient (Wildman–Crippen LogP) is 2.13. The second-order valence-electron chi connectivity index (χ2n) is 2.81. The normalized spacial score (nSPS) is 21.7. The zero-order chi connectivity index (χ0) is 7.68. The van der Waals surface area contributed by atoms with Gasteiger partial charge in [-0.15, -0.1) is 0 Å². The summed E-state index contributed by atoms with van der Waals surface area (Å²) in [4.78, 5) is 0. The molecule has 1 aliphatic rings. The molecule has 1 aliphatic heterocycles. The van der Waals surface area contributed by atoms with Crippen LogP contribution in [0.2, 0.25) is 0 Å². The summed E-state index contributed by atoms with van der Waals surface area (Å²) < 4.78 is 5.15. The third-order valence-electron chi connectivity index (χ3n) is 1.97. The minimum absolute atomic E-state index is 0.383. The Bertz CT molecular complexity index is 234. The quantitative estimate of drug-likeness (QED) is 0.584. The average molecular weight is 147 g/mol. The fourth-order valence-electron chi connectivity index (χ4n) is 1.14. The fourth-order valence-corrected chi connectivity index (χ4v) is 1.14. The van der Waals surface area contributed by atoms with Crippen molar-refractivity contribution in [1.29, 1.82) is 0 Å². The van der Waals surface area contributed by atoms with Crippen LogP contribution in [-0.2, 0) is 11.2 Å². The maximum atomic E-state index is 5.15. The largest absolute Gasteiger partial charge is 0.368 e. The van der Waals surface area contributed by atoms with Crippen LogP contribution >= 0.6 is 0 Å². The van der Waals surface area contributed by atoms with Gasteiger partial charge in [0.25, 0.3) is 0 Å². The van der Waals surface area contributed by atoms with E-state index >= 15 is 0 Å². The molecule has 1 fully saturated rings. The Labute approximate surface area is 67.0 Å². The summed E-state index contributed by atoms with van der Waals surface area (Å²) in [7, 11) is 0. The van der Waals surface area contributed by atoms with Gasteiger partial charge in [-0.1, -0.05) is 24.3 Å². The monoisotopic (exact) mass is 147 g/mol. The zero-order valence-corrected chi connectivity index (χ0v) is 6.42. The molecule has 1 nitrogen and oxygen atoms in total. The Kier molecular flexibility index (Phi) is 1.66. The Morgan fingerprint density at radius 1 is 1.36 bits per heavy atom. The molecule has 1 atom stereocenters. The van der Waals surface area contributed by atoms with E-state index in [0.717, 1.165) is 13.0 Å². The lowest BCUT2D eigenvalue weighted by Crippen LogP contribution is -1.82. The van der Waals surface area contributed by atoms with Crippen LogP contribution < -0.4 is 0 Å². The van der Waals surface area contributed by atoms with Gasteiger partial charge in [0.1, 0.15) is 6.10 Å². The summed E-state index contributed by atoms with van der Waals surface area (Å²) in [5, 5.41) is 0. The van der Waals surface area contributed by atoms with Crippen molar-refractivity contribution in [3.8, 4) is 0 Å². The van der Waals surface area contributed by atoms with Gasteiger partial charge in [0.2, 0.25) is 0 Å². The molecule has 1 unspecified atom stereocenters. The van der Waals surface area contributed by atoms with Gasteiger partial charge in [-0.05, 0) is 24.5 Å². The maximum absolute atomic E-state index is 5.15. The highest BCUT2D eigenvalue weighted by Crippen LogP contribution is 2.29. The molecule has 1 heterocycles. The molecule has 57 valence electrons. The molecule has 0 amide bonds. The molecular formula is C10H11O. The molecule has 0 aromatic heterocycles. The minimum Gasteiger partial charge on any atom is -0.368 e. The average Bonchev–Trinajstić information content (AvgIpc) is 2.87. The number of epoxide rings is 1. The number of benzene rings is 1. The van der Waals surface area contributed by atoms with E-state index in [1.54, 1.807) is 0 Å². The molecule has 1 heteroatoms.